The van der Waals surface area contributed by atoms with E-state index in [4.69, 9.17) is 9.84 Å². The molecule has 0 bridgehead atoms. The number of aromatic carboxylic acids is 1. The summed E-state index contributed by atoms with van der Waals surface area (Å²) in [5.41, 5.74) is 0.453. The lowest BCUT2D eigenvalue weighted by Crippen LogP contribution is -2.26. The van der Waals surface area contributed by atoms with Crippen LogP contribution >= 0.6 is 11.8 Å². The molecule has 0 radical (unpaired) electrons. The Morgan fingerprint density at radius 2 is 1.65 bits per heavy atom. The van der Waals surface area contributed by atoms with Crippen molar-refractivity contribution in [1.82, 2.24) is 4.72 Å². The number of benzene rings is 3. The molecule has 0 heterocycles. The molecule has 0 aliphatic heterocycles. The molecule has 0 aliphatic rings. The van der Waals surface area contributed by atoms with E-state index in [1.165, 1.54) is 48.2 Å². The maximum atomic E-state index is 12.9. The molecule has 3 rings (SSSR count). The third-order valence-corrected chi connectivity index (χ3v) is 6.76. The minimum Gasteiger partial charge on any atom is -0.478 e. The fourth-order valence-electron chi connectivity index (χ4n) is 2.67. The van der Waals surface area contributed by atoms with Crippen molar-refractivity contribution in [3.05, 3.63) is 83.7 Å². The largest absolute Gasteiger partial charge is 0.478 e. The van der Waals surface area contributed by atoms with Gasteiger partial charge in [0.1, 0.15) is 17.3 Å². The van der Waals surface area contributed by atoms with E-state index in [2.05, 4.69) is 4.72 Å². The molecule has 0 aliphatic carbocycles. The number of nitrogens with one attached hydrogen (secondary N) is 1. The summed E-state index contributed by atoms with van der Waals surface area (Å²) in [4.78, 5) is 12.1. The molecule has 0 saturated heterocycles. The Morgan fingerprint density at radius 3 is 2.26 bits per heavy atom. The first-order chi connectivity index (χ1) is 14.7. The quantitative estimate of drug-likeness (QED) is 0.355. The van der Waals surface area contributed by atoms with Gasteiger partial charge < -0.3 is 9.84 Å². The number of ether oxygens (including phenoxy) is 1. The van der Waals surface area contributed by atoms with Crippen LogP contribution in [0.15, 0.2) is 76.5 Å². The van der Waals surface area contributed by atoms with E-state index < -0.39 is 16.0 Å². The molecule has 0 aromatic heterocycles. The lowest BCUT2D eigenvalue weighted by Gasteiger charge is -2.09. The maximum absolute atomic E-state index is 12.9. The van der Waals surface area contributed by atoms with Crippen molar-refractivity contribution in [2.75, 3.05) is 12.3 Å². The summed E-state index contributed by atoms with van der Waals surface area (Å²) in [7, 11) is -3.81. The number of carbonyl (C=O) groups is 1. The third-order valence-electron chi connectivity index (χ3n) is 4.29. The van der Waals surface area contributed by atoms with Gasteiger partial charge in [-0.3, -0.25) is 0 Å². The number of carboxylic acids is 1. The number of hydrogen-bond donors (Lipinski definition) is 2. The first-order valence-electron chi connectivity index (χ1n) is 9.24. The highest BCUT2D eigenvalue weighted by Crippen LogP contribution is 2.25. The molecular weight excluding hydrogens is 441 g/mol. The first kappa shape index (κ1) is 22.8. The number of sulfonamides is 1. The van der Waals surface area contributed by atoms with E-state index in [0.717, 1.165) is 11.0 Å². The van der Waals surface area contributed by atoms with Crippen LogP contribution in [0.2, 0.25) is 0 Å². The Bertz CT molecular complexity index is 1160. The Hall–Kier alpha value is -2.88. The molecule has 0 spiro atoms. The topological polar surface area (TPSA) is 92.7 Å². The third kappa shape index (κ3) is 6.30. The van der Waals surface area contributed by atoms with Crippen molar-refractivity contribution < 1.29 is 27.4 Å². The SMILES string of the molecule is Cc1ccc(S(=O)(=O)NCCSc2ccc(Oc3ccc(F)cc3)cc2)cc1C(=O)O. The van der Waals surface area contributed by atoms with Gasteiger partial charge in [-0.15, -0.1) is 11.8 Å². The second-order valence-electron chi connectivity index (χ2n) is 6.56. The van der Waals surface area contributed by atoms with Gasteiger partial charge in [0.05, 0.1) is 10.5 Å². The average Bonchev–Trinajstić information content (AvgIpc) is 2.74. The lowest BCUT2D eigenvalue weighted by atomic mass is 10.1. The highest BCUT2D eigenvalue weighted by molar-refractivity contribution is 7.99. The summed E-state index contributed by atoms with van der Waals surface area (Å²) < 4.78 is 45.9. The molecule has 0 saturated carbocycles. The van der Waals surface area contributed by atoms with Crippen LogP contribution in [0.25, 0.3) is 0 Å². The highest BCUT2D eigenvalue weighted by atomic mass is 32.2. The summed E-state index contributed by atoms with van der Waals surface area (Å²) in [6.45, 7) is 1.79. The number of carboxylic acid groups (broad SMARTS) is 1. The van der Waals surface area contributed by atoms with Gasteiger partial charge in [0.25, 0.3) is 0 Å². The molecule has 9 heteroatoms. The Balaban J connectivity index is 1.51. The summed E-state index contributed by atoms with van der Waals surface area (Å²) >= 11 is 1.46. The van der Waals surface area contributed by atoms with Crippen LogP contribution in [-0.4, -0.2) is 31.8 Å². The number of hydrogen-bond acceptors (Lipinski definition) is 5. The molecule has 0 fully saturated rings. The van der Waals surface area contributed by atoms with Crippen LogP contribution in [0.3, 0.4) is 0 Å². The number of aryl methyl sites for hydroxylation is 1. The fraction of sp³-hybridized carbons (Fsp3) is 0.136. The highest BCUT2D eigenvalue weighted by Gasteiger charge is 2.17. The van der Waals surface area contributed by atoms with Gasteiger partial charge in [-0.2, -0.15) is 0 Å². The van der Waals surface area contributed by atoms with Gasteiger partial charge in [-0.1, -0.05) is 6.07 Å². The molecule has 6 nitrogen and oxygen atoms in total. The van der Waals surface area contributed by atoms with Gasteiger partial charge in [0.15, 0.2) is 0 Å². The Morgan fingerprint density at radius 1 is 1.03 bits per heavy atom. The van der Waals surface area contributed by atoms with Crippen molar-refractivity contribution in [2.24, 2.45) is 0 Å². The maximum Gasteiger partial charge on any atom is 0.335 e. The first-order valence-corrected chi connectivity index (χ1v) is 11.7. The summed E-state index contributed by atoms with van der Waals surface area (Å²) in [5, 5.41) is 9.17. The zero-order valence-electron chi connectivity index (χ0n) is 16.5. The number of rotatable bonds is 9. The molecule has 3 aromatic rings. The molecular formula is C22H20FNO5S2. The molecule has 0 atom stereocenters. The molecule has 31 heavy (non-hydrogen) atoms. The fourth-order valence-corrected chi connectivity index (χ4v) is 4.62. The van der Waals surface area contributed by atoms with Crippen LogP contribution in [-0.2, 0) is 10.0 Å². The van der Waals surface area contributed by atoms with Crippen LogP contribution in [0.4, 0.5) is 4.39 Å². The van der Waals surface area contributed by atoms with Crippen molar-refractivity contribution in [3.63, 3.8) is 0 Å². The Labute approximate surface area is 184 Å². The zero-order valence-corrected chi connectivity index (χ0v) is 18.2. The van der Waals surface area contributed by atoms with Crippen LogP contribution in [0, 0.1) is 12.7 Å². The summed E-state index contributed by atoms with van der Waals surface area (Å²) in [6, 6.07) is 17.0. The minimum atomic E-state index is -3.81. The van der Waals surface area contributed by atoms with E-state index in [1.807, 2.05) is 12.1 Å². The molecule has 0 unspecified atom stereocenters. The van der Waals surface area contributed by atoms with Crippen LogP contribution in [0.1, 0.15) is 15.9 Å². The monoisotopic (exact) mass is 461 g/mol. The minimum absolute atomic E-state index is 0.0415. The van der Waals surface area contributed by atoms with Crippen LogP contribution in [0.5, 0.6) is 11.5 Å². The Kier molecular flexibility index (Phi) is 7.32. The number of halogens is 1. The second kappa shape index (κ2) is 9.95. The predicted octanol–water partition coefficient (Wildman–Crippen LogP) is 4.70. The molecule has 162 valence electrons. The normalized spacial score (nSPS) is 11.3. The average molecular weight is 462 g/mol. The number of thioether (sulfide) groups is 1. The van der Waals surface area contributed by atoms with E-state index in [0.29, 0.717) is 22.8 Å². The van der Waals surface area contributed by atoms with E-state index in [-0.39, 0.29) is 22.8 Å². The van der Waals surface area contributed by atoms with Crippen molar-refractivity contribution in [3.8, 4) is 11.5 Å². The van der Waals surface area contributed by atoms with Gasteiger partial charge in [-0.05, 0) is 73.2 Å². The van der Waals surface area contributed by atoms with Gasteiger partial charge >= 0.3 is 5.97 Å². The summed E-state index contributed by atoms with van der Waals surface area (Å²) in [6.07, 6.45) is 0. The van der Waals surface area contributed by atoms with Crippen LogP contribution < -0.4 is 9.46 Å². The van der Waals surface area contributed by atoms with Gasteiger partial charge in [0, 0.05) is 17.2 Å². The van der Waals surface area contributed by atoms with Gasteiger partial charge in [-0.25, -0.2) is 22.3 Å². The van der Waals surface area contributed by atoms with E-state index in [9.17, 15) is 17.6 Å². The van der Waals surface area contributed by atoms with Crippen molar-refractivity contribution in [2.45, 2.75) is 16.7 Å². The van der Waals surface area contributed by atoms with E-state index in [1.54, 1.807) is 19.1 Å². The molecule has 3 aromatic carbocycles. The predicted molar refractivity (Wildman–Crippen MR) is 117 cm³/mol. The standard InChI is InChI=1S/C22H20FNO5S2/c1-15-2-11-20(14-21(15)22(25)26)31(27,28)24-12-13-30-19-9-7-18(8-10-19)29-17-5-3-16(23)4-6-17/h2-11,14,24H,12-13H2,1H3,(H,25,26). The molecule has 2 N–H and O–H groups in total. The van der Waals surface area contributed by atoms with Gasteiger partial charge in [0.2, 0.25) is 10.0 Å². The van der Waals surface area contributed by atoms with Crippen molar-refractivity contribution >= 4 is 27.8 Å². The lowest BCUT2D eigenvalue weighted by molar-refractivity contribution is 0.0696. The van der Waals surface area contributed by atoms with Crippen molar-refractivity contribution in [1.29, 1.82) is 0 Å². The summed E-state index contributed by atoms with van der Waals surface area (Å²) in [5.74, 6) is 0.106. The molecule has 0 amide bonds. The zero-order chi connectivity index (χ0) is 22.4. The smallest absolute Gasteiger partial charge is 0.335 e. The van der Waals surface area contributed by atoms with E-state index >= 15 is 0 Å². The second-order valence-corrected chi connectivity index (χ2v) is 9.49.